The molecule has 1 unspecified atom stereocenters. The van der Waals surface area contributed by atoms with Crippen LogP contribution in [0.1, 0.15) is 36.3 Å². The maximum absolute atomic E-state index is 12.9. The summed E-state index contributed by atoms with van der Waals surface area (Å²) in [6.07, 6.45) is 3.78. The number of para-hydroxylation sites is 1. The van der Waals surface area contributed by atoms with Gasteiger partial charge in [0.15, 0.2) is 0 Å². The topological polar surface area (TPSA) is 88.2 Å². The van der Waals surface area contributed by atoms with Crippen molar-refractivity contribution in [2.24, 2.45) is 0 Å². The molecular weight excluding hydrogens is 344 g/mol. The van der Waals surface area contributed by atoms with Crippen molar-refractivity contribution < 1.29 is 14.3 Å². The molecule has 2 aromatic heterocycles. The Kier molecular flexibility index (Phi) is 4.35. The van der Waals surface area contributed by atoms with Gasteiger partial charge in [0.1, 0.15) is 18.4 Å². The van der Waals surface area contributed by atoms with Crippen molar-refractivity contribution in [1.29, 1.82) is 0 Å². The standard InChI is InChI=1S/C20H20N4O3/c1-3-17(25)24-16(20(26)27-2)10-13-12-6-4-5-7-14(12)23-18(13)19(24)15-8-9-21-11-22-15/h4-9,11,16,19,23H,3,10H2,1-2H3/t16-,19?/m0/s1. The molecule has 3 heterocycles. The molecule has 1 aliphatic heterocycles. The van der Waals surface area contributed by atoms with E-state index in [1.165, 1.54) is 13.4 Å². The zero-order valence-corrected chi connectivity index (χ0v) is 15.2. The number of aromatic amines is 1. The molecule has 0 spiro atoms. The number of nitrogens with one attached hydrogen (secondary N) is 1. The van der Waals surface area contributed by atoms with Crippen molar-refractivity contribution in [3.63, 3.8) is 0 Å². The molecule has 1 aliphatic rings. The molecular formula is C20H20N4O3. The molecule has 7 heteroatoms. The largest absolute Gasteiger partial charge is 0.467 e. The summed E-state index contributed by atoms with van der Waals surface area (Å²) in [5.41, 5.74) is 3.53. The second-order valence-corrected chi connectivity index (χ2v) is 6.50. The number of amides is 1. The van der Waals surface area contributed by atoms with Crippen LogP contribution in [0, 0.1) is 0 Å². The molecule has 0 radical (unpaired) electrons. The summed E-state index contributed by atoms with van der Waals surface area (Å²) in [6, 6.07) is 8.51. The number of hydrogen-bond donors (Lipinski definition) is 1. The Hall–Kier alpha value is -3.22. The molecule has 138 valence electrons. The third-order valence-electron chi connectivity index (χ3n) is 5.08. The number of benzene rings is 1. The molecule has 0 aliphatic carbocycles. The van der Waals surface area contributed by atoms with Gasteiger partial charge in [0.25, 0.3) is 0 Å². The number of carbonyl (C=O) groups excluding carboxylic acids is 2. The summed E-state index contributed by atoms with van der Waals surface area (Å²) in [5.74, 6) is -0.551. The Labute approximate surface area is 156 Å². The van der Waals surface area contributed by atoms with Crippen molar-refractivity contribution in [2.75, 3.05) is 7.11 Å². The molecule has 3 aromatic rings. The lowest BCUT2D eigenvalue weighted by Gasteiger charge is -2.40. The summed E-state index contributed by atoms with van der Waals surface area (Å²) < 4.78 is 5.03. The molecule has 0 fully saturated rings. The Balaban J connectivity index is 1.98. The number of H-pyrrole nitrogens is 1. The second kappa shape index (κ2) is 6.83. The van der Waals surface area contributed by atoms with Crippen LogP contribution in [0.15, 0.2) is 42.9 Å². The minimum absolute atomic E-state index is 0.127. The number of hydrogen-bond acceptors (Lipinski definition) is 5. The number of rotatable bonds is 3. The van der Waals surface area contributed by atoms with Crippen molar-refractivity contribution >= 4 is 22.8 Å². The fraction of sp³-hybridized carbons (Fsp3) is 0.300. The van der Waals surface area contributed by atoms with Gasteiger partial charge in [-0.3, -0.25) is 4.79 Å². The van der Waals surface area contributed by atoms with Gasteiger partial charge in [0.05, 0.1) is 12.8 Å². The highest BCUT2D eigenvalue weighted by Crippen LogP contribution is 2.40. The maximum Gasteiger partial charge on any atom is 0.328 e. The first kappa shape index (κ1) is 17.2. The summed E-state index contributed by atoms with van der Waals surface area (Å²) in [7, 11) is 1.35. The van der Waals surface area contributed by atoms with Gasteiger partial charge in [-0.15, -0.1) is 0 Å². The van der Waals surface area contributed by atoms with E-state index in [-0.39, 0.29) is 12.3 Å². The van der Waals surface area contributed by atoms with E-state index in [0.717, 1.165) is 22.2 Å². The first-order chi connectivity index (χ1) is 13.2. The van der Waals surface area contributed by atoms with Crippen LogP contribution in [0.2, 0.25) is 0 Å². The number of aromatic nitrogens is 3. The molecule has 1 N–H and O–H groups in total. The fourth-order valence-corrected chi connectivity index (χ4v) is 3.87. The minimum atomic E-state index is -0.700. The van der Waals surface area contributed by atoms with Crippen LogP contribution in [0.5, 0.6) is 0 Å². The highest BCUT2D eigenvalue weighted by Gasteiger charge is 2.44. The van der Waals surface area contributed by atoms with E-state index in [1.807, 2.05) is 24.3 Å². The summed E-state index contributed by atoms with van der Waals surface area (Å²) in [5, 5.41) is 1.05. The second-order valence-electron chi connectivity index (χ2n) is 6.50. The monoisotopic (exact) mass is 364 g/mol. The predicted molar refractivity (Wildman–Crippen MR) is 98.8 cm³/mol. The van der Waals surface area contributed by atoms with Crippen LogP contribution in [0.25, 0.3) is 10.9 Å². The van der Waals surface area contributed by atoms with E-state index < -0.39 is 18.1 Å². The molecule has 1 amide bonds. The maximum atomic E-state index is 12.9. The number of esters is 1. The van der Waals surface area contributed by atoms with Crippen molar-refractivity contribution in [2.45, 2.75) is 31.8 Å². The lowest BCUT2D eigenvalue weighted by Crippen LogP contribution is -2.51. The van der Waals surface area contributed by atoms with Crippen LogP contribution in [-0.4, -0.2) is 44.9 Å². The number of nitrogens with zero attached hydrogens (tertiary/aromatic N) is 3. The van der Waals surface area contributed by atoms with Gasteiger partial charge in [0, 0.05) is 35.6 Å². The number of ether oxygens (including phenoxy) is 1. The highest BCUT2D eigenvalue weighted by molar-refractivity contribution is 5.90. The average Bonchev–Trinajstić information content (AvgIpc) is 3.10. The number of carbonyl (C=O) groups is 2. The van der Waals surface area contributed by atoms with Crippen LogP contribution in [-0.2, 0) is 20.7 Å². The molecule has 0 saturated heterocycles. The van der Waals surface area contributed by atoms with Gasteiger partial charge in [-0.2, -0.15) is 0 Å². The Morgan fingerprint density at radius 3 is 2.81 bits per heavy atom. The van der Waals surface area contributed by atoms with Crippen LogP contribution >= 0.6 is 0 Å². The van der Waals surface area contributed by atoms with E-state index in [4.69, 9.17) is 4.74 Å². The van der Waals surface area contributed by atoms with Crippen LogP contribution < -0.4 is 0 Å². The van der Waals surface area contributed by atoms with Gasteiger partial charge in [-0.05, 0) is 17.7 Å². The van der Waals surface area contributed by atoms with E-state index in [0.29, 0.717) is 12.1 Å². The quantitative estimate of drug-likeness (QED) is 0.721. The molecule has 7 nitrogen and oxygen atoms in total. The first-order valence-corrected chi connectivity index (χ1v) is 8.90. The number of methoxy groups -OCH3 is 1. The van der Waals surface area contributed by atoms with Gasteiger partial charge >= 0.3 is 5.97 Å². The molecule has 1 aromatic carbocycles. The summed E-state index contributed by atoms with van der Waals surface area (Å²) in [6.45, 7) is 1.79. The van der Waals surface area contributed by atoms with Gasteiger partial charge in [-0.25, -0.2) is 14.8 Å². The molecule has 0 saturated carbocycles. The third-order valence-corrected chi connectivity index (χ3v) is 5.08. The fourth-order valence-electron chi connectivity index (χ4n) is 3.87. The van der Waals surface area contributed by atoms with E-state index in [1.54, 1.807) is 24.1 Å². The normalized spacial score (nSPS) is 19.0. The van der Waals surface area contributed by atoms with Gasteiger partial charge in [-0.1, -0.05) is 25.1 Å². The lowest BCUT2D eigenvalue weighted by molar-refractivity contribution is -0.155. The summed E-state index contributed by atoms with van der Waals surface area (Å²) in [4.78, 5) is 38.9. The zero-order valence-electron chi connectivity index (χ0n) is 15.2. The van der Waals surface area contributed by atoms with Crippen LogP contribution in [0.4, 0.5) is 0 Å². The van der Waals surface area contributed by atoms with Crippen molar-refractivity contribution in [1.82, 2.24) is 19.9 Å². The Morgan fingerprint density at radius 1 is 1.30 bits per heavy atom. The molecule has 4 rings (SSSR count). The van der Waals surface area contributed by atoms with E-state index in [9.17, 15) is 9.59 Å². The molecule has 0 bridgehead atoms. The Morgan fingerprint density at radius 2 is 2.11 bits per heavy atom. The first-order valence-electron chi connectivity index (χ1n) is 8.90. The van der Waals surface area contributed by atoms with E-state index in [2.05, 4.69) is 15.0 Å². The highest BCUT2D eigenvalue weighted by atomic mass is 16.5. The Bertz CT molecular complexity index is 999. The third kappa shape index (κ3) is 2.75. The van der Waals surface area contributed by atoms with Gasteiger partial charge in [0.2, 0.25) is 5.91 Å². The predicted octanol–water partition coefficient (Wildman–Crippen LogP) is 2.38. The van der Waals surface area contributed by atoms with Crippen molar-refractivity contribution in [3.05, 3.63) is 59.8 Å². The van der Waals surface area contributed by atoms with Gasteiger partial charge < -0.3 is 14.6 Å². The molecule has 27 heavy (non-hydrogen) atoms. The SMILES string of the molecule is CCC(=O)N1C(c2ccncn2)c2[nH]c3ccccc3c2C[C@H]1C(=O)OC. The zero-order chi connectivity index (χ0) is 19.0. The molecule has 2 atom stereocenters. The van der Waals surface area contributed by atoms with Crippen molar-refractivity contribution in [3.8, 4) is 0 Å². The smallest absolute Gasteiger partial charge is 0.328 e. The van der Waals surface area contributed by atoms with E-state index >= 15 is 0 Å². The summed E-state index contributed by atoms with van der Waals surface area (Å²) >= 11 is 0. The lowest BCUT2D eigenvalue weighted by atomic mass is 9.89. The average molecular weight is 364 g/mol. The minimum Gasteiger partial charge on any atom is -0.467 e. The van der Waals surface area contributed by atoms with Crippen LogP contribution in [0.3, 0.4) is 0 Å². The number of fused-ring (bicyclic) bond motifs is 3.